The second-order valence-corrected chi connectivity index (χ2v) is 6.87. The summed E-state index contributed by atoms with van der Waals surface area (Å²) in [6.45, 7) is 2.75. The van der Waals surface area contributed by atoms with Crippen molar-refractivity contribution in [2.45, 2.75) is 6.54 Å². The maximum atomic E-state index is 12.8. The summed E-state index contributed by atoms with van der Waals surface area (Å²) >= 11 is 6.01. The van der Waals surface area contributed by atoms with Gasteiger partial charge >= 0.3 is 0 Å². The number of benzene rings is 2. The number of halogens is 1. The van der Waals surface area contributed by atoms with Crippen LogP contribution < -0.4 is 10.1 Å². The molecule has 28 heavy (non-hydrogen) atoms. The first-order valence-electron chi connectivity index (χ1n) is 8.98. The van der Waals surface area contributed by atoms with Gasteiger partial charge in [-0.1, -0.05) is 23.7 Å². The predicted octanol–water partition coefficient (Wildman–Crippen LogP) is 3.57. The average molecular weight is 402 g/mol. The van der Waals surface area contributed by atoms with Crippen molar-refractivity contribution in [3.05, 3.63) is 52.5 Å². The zero-order valence-corrected chi connectivity index (χ0v) is 16.2. The van der Waals surface area contributed by atoms with Gasteiger partial charge in [0.05, 0.1) is 20.3 Å². The number of fused-ring (bicyclic) bond motifs is 1. The van der Waals surface area contributed by atoms with Crippen LogP contribution in [-0.2, 0) is 11.3 Å². The Labute approximate surface area is 167 Å². The largest absolute Gasteiger partial charge is 0.493 e. The third kappa shape index (κ3) is 3.90. The van der Waals surface area contributed by atoms with E-state index < -0.39 is 0 Å². The van der Waals surface area contributed by atoms with Crippen LogP contribution in [0.4, 0.5) is 6.01 Å². The molecule has 0 bridgehead atoms. The van der Waals surface area contributed by atoms with Crippen LogP contribution in [0.2, 0.25) is 5.02 Å². The van der Waals surface area contributed by atoms with E-state index >= 15 is 0 Å². The molecule has 1 aromatic heterocycles. The van der Waals surface area contributed by atoms with Crippen LogP contribution in [-0.4, -0.2) is 49.2 Å². The first kappa shape index (κ1) is 18.6. The molecule has 0 spiro atoms. The number of oxazole rings is 1. The fourth-order valence-corrected chi connectivity index (χ4v) is 3.34. The smallest absolute Gasteiger partial charge is 0.296 e. The SMILES string of the molecule is COc1cc(C(=O)N2CCOCC2)cc2nc(NCc3cccc(Cl)c3)oc12. The van der Waals surface area contributed by atoms with Crippen molar-refractivity contribution in [2.75, 3.05) is 38.7 Å². The number of rotatable bonds is 5. The summed E-state index contributed by atoms with van der Waals surface area (Å²) in [5, 5.41) is 3.81. The molecule has 1 fully saturated rings. The Kier molecular flexibility index (Phi) is 5.36. The molecule has 1 aliphatic rings. The van der Waals surface area contributed by atoms with Gasteiger partial charge < -0.3 is 24.1 Å². The molecule has 0 saturated carbocycles. The molecule has 8 heteroatoms. The molecule has 0 aliphatic carbocycles. The maximum absolute atomic E-state index is 12.8. The number of ether oxygens (including phenoxy) is 2. The number of carbonyl (C=O) groups excluding carboxylic acids is 1. The summed E-state index contributed by atoms with van der Waals surface area (Å²) < 4.78 is 16.5. The molecule has 3 aromatic rings. The highest BCUT2D eigenvalue weighted by atomic mass is 35.5. The van der Waals surface area contributed by atoms with Crippen molar-refractivity contribution < 1.29 is 18.7 Å². The Morgan fingerprint density at radius 2 is 2.11 bits per heavy atom. The third-order valence-electron chi connectivity index (χ3n) is 4.55. The third-order valence-corrected chi connectivity index (χ3v) is 4.79. The normalized spacial score (nSPS) is 14.3. The molecule has 4 rings (SSSR count). The van der Waals surface area contributed by atoms with E-state index in [4.69, 9.17) is 25.5 Å². The number of hydrogen-bond donors (Lipinski definition) is 1. The molecule has 1 N–H and O–H groups in total. The number of anilines is 1. The second-order valence-electron chi connectivity index (χ2n) is 6.43. The maximum Gasteiger partial charge on any atom is 0.296 e. The lowest BCUT2D eigenvalue weighted by molar-refractivity contribution is 0.0303. The highest BCUT2D eigenvalue weighted by Crippen LogP contribution is 2.31. The number of morpholine rings is 1. The number of nitrogens with one attached hydrogen (secondary N) is 1. The summed E-state index contributed by atoms with van der Waals surface area (Å²) in [5.41, 5.74) is 2.57. The van der Waals surface area contributed by atoms with E-state index in [-0.39, 0.29) is 5.91 Å². The topological polar surface area (TPSA) is 76.8 Å². The van der Waals surface area contributed by atoms with E-state index in [0.717, 1.165) is 5.56 Å². The summed E-state index contributed by atoms with van der Waals surface area (Å²) in [7, 11) is 1.54. The summed E-state index contributed by atoms with van der Waals surface area (Å²) in [5.74, 6) is 0.400. The lowest BCUT2D eigenvalue weighted by Gasteiger charge is -2.26. The van der Waals surface area contributed by atoms with Crippen LogP contribution in [0.1, 0.15) is 15.9 Å². The summed E-state index contributed by atoms with van der Waals surface area (Å²) in [6, 6.07) is 11.3. The number of amides is 1. The van der Waals surface area contributed by atoms with Gasteiger partial charge in [-0.2, -0.15) is 4.98 Å². The molecule has 0 atom stereocenters. The Hall–Kier alpha value is -2.77. The van der Waals surface area contributed by atoms with Gasteiger partial charge in [-0.3, -0.25) is 4.79 Å². The molecular weight excluding hydrogens is 382 g/mol. The molecular formula is C20H20ClN3O4. The van der Waals surface area contributed by atoms with Crippen LogP contribution in [0.15, 0.2) is 40.8 Å². The highest BCUT2D eigenvalue weighted by Gasteiger charge is 2.22. The van der Waals surface area contributed by atoms with Gasteiger partial charge in [-0.25, -0.2) is 0 Å². The Morgan fingerprint density at radius 1 is 1.29 bits per heavy atom. The minimum absolute atomic E-state index is 0.0695. The standard InChI is InChI=1S/C20H20ClN3O4/c1-26-17-11-14(19(25)24-5-7-27-8-6-24)10-16-18(17)28-20(23-16)22-12-13-3-2-4-15(21)9-13/h2-4,9-11H,5-8,12H2,1H3,(H,22,23). The Morgan fingerprint density at radius 3 is 2.86 bits per heavy atom. The van der Waals surface area contributed by atoms with Gasteiger partial charge in [-0.15, -0.1) is 0 Å². The van der Waals surface area contributed by atoms with E-state index in [9.17, 15) is 4.79 Å². The lowest BCUT2D eigenvalue weighted by atomic mass is 10.1. The number of hydrogen-bond acceptors (Lipinski definition) is 6. The first-order chi connectivity index (χ1) is 13.6. The number of aromatic nitrogens is 1. The van der Waals surface area contributed by atoms with Crippen molar-refractivity contribution in [3.63, 3.8) is 0 Å². The van der Waals surface area contributed by atoms with Crippen LogP contribution in [0.5, 0.6) is 5.75 Å². The Bertz CT molecular complexity index is 998. The van der Waals surface area contributed by atoms with Crippen molar-refractivity contribution in [1.29, 1.82) is 0 Å². The highest BCUT2D eigenvalue weighted by molar-refractivity contribution is 6.30. The number of nitrogens with zero attached hydrogens (tertiary/aromatic N) is 2. The van der Waals surface area contributed by atoms with E-state index in [1.807, 2.05) is 24.3 Å². The van der Waals surface area contributed by atoms with E-state index in [2.05, 4.69) is 10.3 Å². The van der Waals surface area contributed by atoms with Crippen LogP contribution in [0.3, 0.4) is 0 Å². The van der Waals surface area contributed by atoms with Gasteiger partial charge in [0, 0.05) is 30.2 Å². The average Bonchev–Trinajstić information content (AvgIpc) is 3.15. The fourth-order valence-electron chi connectivity index (χ4n) is 3.13. The number of methoxy groups -OCH3 is 1. The number of carbonyl (C=O) groups is 1. The molecule has 2 aromatic carbocycles. The van der Waals surface area contributed by atoms with Gasteiger partial charge in [0.25, 0.3) is 11.9 Å². The van der Waals surface area contributed by atoms with Crippen molar-refractivity contribution >= 4 is 34.6 Å². The molecule has 1 aliphatic heterocycles. The monoisotopic (exact) mass is 401 g/mol. The van der Waals surface area contributed by atoms with E-state index in [0.29, 0.717) is 66.3 Å². The first-order valence-corrected chi connectivity index (χ1v) is 9.36. The van der Waals surface area contributed by atoms with Crippen LogP contribution >= 0.6 is 11.6 Å². The predicted molar refractivity (Wildman–Crippen MR) is 106 cm³/mol. The minimum Gasteiger partial charge on any atom is -0.493 e. The van der Waals surface area contributed by atoms with Crippen molar-refractivity contribution in [1.82, 2.24) is 9.88 Å². The van der Waals surface area contributed by atoms with Crippen molar-refractivity contribution in [2.24, 2.45) is 0 Å². The Balaban J connectivity index is 1.58. The quantitative estimate of drug-likeness (QED) is 0.704. The molecule has 2 heterocycles. The second kappa shape index (κ2) is 8.08. The van der Waals surface area contributed by atoms with Gasteiger partial charge in [-0.05, 0) is 29.8 Å². The van der Waals surface area contributed by atoms with Crippen LogP contribution in [0.25, 0.3) is 11.1 Å². The molecule has 0 unspecified atom stereocenters. The molecule has 146 valence electrons. The van der Waals surface area contributed by atoms with E-state index in [1.54, 1.807) is 24.1 Å². The molecule has 0 radical (unpaired) electrons. The van der Waals surface area contributed by atoms with E-state index in [1.165, 1.54) is 0 Å². The van der Waals surface area contributed by atoms with Gasteiger partial charge in [0.1, 0.15) is 5.52 Å². The fraction of sp³-hybridized carbons (Fsp3) is 0.300. The summed E-state index contributed by atoms with van der Waals surface area (Å²) in [4.78, 5) is 19.0. The lowest BCUT2D eigenvalue weighted by Crippen LogP contribution is -2.40. The van der Waals surface area contributed by atoms with Crippen LogP contribution in [0, 0.1) is 0 Å². The van der Waals surface area contributed by atoms with Gasteiger partial charge in [0.2, 0.25) is 0 Å². The molecule has 1 saturated heterocycles. The minimum atomic E-state index is -0.0695. The zero-order valence-electron chi connectivity index (χ0n) is 15.4. The zero-order chi connectivity index (χ0) is 19.5. The van der Waals surface area contributed by atoms with Crippen molar-refractivity contribution in [3.8, 4) is 5.75 Å². The van der Waals surface area contributed by atoms with Gasteiger partial charge in [0.15, 0.2) is 11.3 Å². The molecule has 1 amide bonds. The summed E-state index contributed by atoms with van der Waals surface area (Å²) in [6.07, 6.45) is 0. The molecule has 7 nitrogen and oxygen atoms in total.